The highest BCUT2D eigenvalue weighted by Crippen LogP contribution is 2.60. The van der Waals surface area contributed by atoms with E-state index in [9.17, 15) is 4.79 Å². The number of amides is 1. The molecule has 0 radical (unpaired) electrons. The summed E-state index contributed by atoms with van der Waals surface area (Å²) in [6, 6.07) is 23.8. The van der Waals surface area contributed by atoms with Crippen LogP contribution in [0.4, 0.5) is 4.79 Å². The maximum absolute atomic E-state index is 12.2. The minimum absolute atomic E-state index is 0.0970. The summed E-state index contributed by atoms with van der Waals surface area (Å²) in [5.41, 5.74) is 6.93. The van der Waals surface area contributed by atoms with E-state index in [0.717, 1.165) is 38.2 Å². The van der Waals surface area contributed by atoms with Gasteiger partial charge in [-0.2, -0.15) is 0 Å². The normalized spacial score (nSPS) is 23.7. The lowest BCUT2D eigenvalue weighted by molar-refractivity contribution is 0.122. The summed E-state index contributed by atoms with van der Waals surface area (Å²) < 4.78 is 5.36. The fourth-order valence-electron chi connectivity index (χ4n) is 6.26. The molecule has 3 aliphatic rings. The number of alkyl carbamates (subject to hydrolysis) is 1. The highest BCUT2D eigenvalue weighted by Gasteiger charge is 2.53. The molecule has 1 amide bonds. The van der Waals surface area contributed by atoms with Crippen molar-refractivity contribution in [1.82, 2.24) is 15.2 Å². The minimum Gasteiger partial charge on any atom is -0.443 e. The van der Waals surface area contributed by atoms with Crippen LogP contribution >= 0.6 is 0 Å². The summed E-state index contributed by atoms with van der Waals surface area (Å²) in [5.74, 6) is 0.533. The molecule has 3 aromatic rings. The number of nitrogens with zero attached hydrogens (tertiary/aromatic N) is 2. The Hall–Kier alpha value is -3.18. The van der Waals surface area contributed by atoms with Crippen molar-refractivity contribution in [2.24, 2.45) is 0 Å². The number of fused-ring (bicyclic) bond motifs is 8. The van der Waals surface area contributed by atoms with Crippen molar-refractivity contribution >= 4 is 6.09 Å². The number of ether oxygens (including phenoxy) is 1. The Kier molecular flexibility index (Phi) is 5.14. The van der Waals surface area contributed by atoms with Crippen molar-refractivity contribution in [3.05, 3.63) is 101 Å². The topological polar surface area (TPSA) is 54.5 Å². The van der Waals surface area contributed by atoms with Crippen LogP contribution in [0.15, 0.2) is 72.9 Å². The Morgan fingerprint density at radius 3 is 2.30 bits per heavy atom. The highest BCUT2D eigenvalue weighted by molar-refractivity contribution is 5.67. The number of carbonyl (C=O) groups is 1. The van der Waals surface area contributed by atoms with Crippen LogP contribution in [0.25, 0.3) is 0 Å². The summed E-state index contributed by atoms with van der Waals surface area (Å²) in [5, 5.41) is 3.05. The zero-order chi connectivity index (χ0) is 22.3. The van der Waals surface area contributed by atoms with E-state index in [2.05, 4.69) is 63.7 Å². The maximum Gasteiger partial charge on any atom is 0.407 e. The van der Waals surface area contributed by atoms with E-state index >= 15 is 0 Å². The summed E-state index contributed by atoms with van der Waals surface area (Å²) in [6.45, 7) is 3.23. The van der Waals surface area contributed by atoms with E-state index in [4.69, 9.17) is 4.74 Å². The molecule has 6 rings (SSSR count). The van der Waals surface area contributed by atoms with E-state index in [0.29, 0.717) is 5.92 Å². The van der Waals surface area contributed by atoms with Crippen LogP contribution in [0.1, 0.15) is 53.1 Å². The Labute approximate surface area is 194 Å². The van der Waals surface area contributed by atoms with Gasteiger partial charge in [0, 0.05) is 43.2 Å². The third kappa shape index (κ3) is 3.61. The molecule has 2 heterocycles. The molecule has 168 valence electrons. The van der Waals surface area contributed by atoms with Crippen molar-refractivity contribution < 1.29 is 9.53 Å². The Bertz CT molecular complexity index is 1110. The van der Waals surface area contributed by atoms with Crippen molar-refractivity contribution in [3.63, 3.8) is 0 Å². The first kappa shape index (κ1) is 20.4. The second-order valence-electron chi connectivity index (χ2n) is 9.61. The zero-order valence-corrected chi connectivity index (χ0v) is 18.7. The zero-order valence-electron chi connectivity index (χ0n) is 18.7. The molecule has 5 heteroatoms. The number of carbonyl (C=O) groups excluding carboxylic acids is 1. The number of piperidine rings is 1. The molecule has 2 bridgehead atoms. The average molecular weight is 440 g/mol. The van der Waals surface area contributed by atoms with Crippen LogP contribution in [0.2, 0.25) is 0 Å². The lowest BCUT2D eigenvalue weighted by Gasteiger charge is -2.39. The summed E-state index contributed by atoms with van der Waals surface area (Å²) in [7, 11) is 0. The maximum atomic E-state index is 12.2. The largest absolute Gasteiger partial charge is 0.443 e. The summed E-state index contributed by atoms with van der Waals surface area (Å²) in [4.78, 5) is 19.0. The van der Waals surface area contributed by atoms with Gasteiger partial charge in [0.2, 0.25) is 0 Å². The molecule has 2 aliphatic carbocycles. The molecule has 1 saturated heterocycles. The SMILES string of the molecule is O=C(NC1CCN(CC23CC(c4ccccc42)c2ccccc23)CC1)OCc1ccccn1. The molecular weight excluding hydrogens is 410 g/mol. The van der Waals surface area contributed by atoms with Crippen LogP contribution in [-0.2, 0) is 16.8 Å². The molecule has 0 unspecified atom stereocenters. The molecule has 0 atom stereocenters. The van der Waals surface area contributed by atoms with E-state index in [1.165, 1.54) is 28.7 Å². The number of nitrogens with one attached hydrogen (secondary N) is 1. The molecule has 1 N–H and O–H groups in total. The molecule has 1 fully saturated rings. The van der Waals surface area contributed by atoms with Crippen molar-refractivity contribution in [2.45, 2.75) is 43.2 Å². The predicted molar refractivity (Wildman–Crippen MR) is 127 cm³/mol. The van der Waals surface area contributed by atoms with Gasteiger partial charge < -0.3 is 15.0 Å². The van der Waals surface area contributed by atoms with Gasteiger partial charge in [0.05, 0.1) is 5.69 Å². The fraction of sp³-hybridized carbons (Fsp3) is 0.357. The predicted octanol–water partition coefficient (Wildman–Crippen LogP) is 4.61. The molecule has 0 saturated carbocycles. The molecule has 2 aromatic carbocycles. The molecule has 5 nitrogen and oxygen atoms in total. The van der Waals surface area contributed by atoms with Crippen LogP contribution in [0.3, 0.4) is 0 Å². The average Bonchev–Trinajstić information content (AvgIpc) is 3.37. The molecule has 33 heavy (non-hydrogen) atoms. The van der Waals surface area contributed by atoms with Gasteiger partial charge in [0.1, 0.15) is 6.61 Å². The Morgan fingerprint density at radius 2 is 1.64 bits per heavy atom. The monoisotopic (exact) mass is 439 g/mol. The fourth-order valence-corrected chi connectivity index (χ4v) is 6.26. The van der Waals surface area contributed by atoms with E-state index < -0.39 is 0 Å². The summed E-state index contributed by atoms with van der Waals surface area (Å²) in [6.07, 6.45) is 4.43. The number of likely N-dealkylation sites (tertiary alicyclic amines) is 1. The van der Waals surface area contributed by atoms with Crippen LogP contribution in [0, 0.1) is 0 Å². The second-order valence-corrected chi connectivity index (χ2v) is 9.61. The van der Waals surface area contributed by atoms with Crippen LogP contribution in [0.5, 0.6) is 0 Å². The third-order valence-corrected chi connectivity index (χ3v) is 7.74. The molecular formula is C28H29N3O2. The van der Waals surface area contributed by atoms with Crippen molar-refractivity contribution in [1.29, 1.82) is 0 Å². The first-order chi connectivity index (χ1) is 16.2. The van der Waals surface area contributed by atoms with E-state index in [1.807, 2.05) is 18.2 Å². The standard InChI is InChI=1S/C28H29N3O2/c32-27(33-18-21-7-5-6-14-29-21)30-20-12-15-31(16-13-20)19-28-17-24(22-8-1-3-10-25(22)28)23-9-2-4-11-26(23)28/h1-11,14,20,24H,12-13,15-19H2,(H,30,32). The van der Waals surface area contributed by atoms with Gasteiger partial charge in [-0.3, -0.25) is 4.98 Å². The number of aromatic nitrogens is 1. The number of hydrogen-bond acceptors (Lipinski definition) is 4. The number of pyridine rings is 1. The number of hydrogen-bond donors (Lipinski definition) is 1. The number of benzene rings is 2. The van der Waals surface area contributed by atoms with Crippen molar-refractivity contribution in [3.8, 4) is 0 Å². The Morgan fingerprint density at radius 1 is 0.970 bits per heavy atom. The lowest BCUT2D eigenvalue weighted by atomic mass is 9.74. The first-order valence-corrected chi connectivity index (χ1v) is 12.0. The van der Waals surface area contributed by atoms with Gasteiger partial charge in [-0.15, -0.1) is 0 Å². The van der Waals surface area contributed by atoms with Crippen molar-refractivity contribution in [2.75, 3.05) is 19.6 Å². The Balaban J connectivity index is 1.09. The van der Waals surface area contributed by atoms with E-state index in [1.54, 1.807) is 6.20 Å². The third-order valence-electron chi connectivity index (χ3n) is 7.74. The molecule has 1 aliphatic heterocycles. The van der Waals surface area contributed by atoms with Gasteiger partial charge in [-0.1, -0.05) is 54.6 Å². The minimum atomic E-state index is -0.352. The first-order valence-electron chi connectivity index (χ1n) is 12.0. The quantitative estimate of drug-likeness (QED) is 0.631. The van der Waals surface area contributed by atoms with Gasteiger partial charge >= 0.3 is 6.09 Å². The van der Waals surface area contributed by atoms with Crippen LogP contribution < -0.4 is 5.32 Å². The van der Waals surface area contributed by atoms with Gasteiger partial charge in [-0.25, -0.2) is 4.79 Å². The number of rotatable bonds is 5. The highest BCUT2D eigenvalue weighted by atomic mass is 16.5. The smallest absolute Gasteiger partial charge is 0.407 e. The molecule has 0 spiro atoms. The van der Waals surface area contributed by atoms with Crippen LogP contribution in [-0.4, -0.2) is 41.7 Å². The van der Waals surface area contributed by atoms with Gasteiger partial charge in [0.25, 0.3) is 0 Å². The summed E-state index contributed by atoms with van der Waals surface area (Å²) >= 11 is 0. The molecule has 1 aromatic heterocycles. The second kappa shape index (κ2) is 8.31. The van der Waals surface area contributed by atoms with E-state index in [-0.39, 0.29) is 24.2 Å². The lowest BCUT2D eigenvalue weighted by Crippen LogP contribution is -2.48. The van der Waals surface area contributed by atoms with Gasteiger partial charge in [-0.05, 0) is 53.6 Å². The van der Waals surface area contributed by atoms with Gasteiger partial charge in [0.15, 0.2) is 0 Å².